The average Bonchev–Trinajstić information content (AvgIpc) is 2.89. The molecular formula is C17H18N2O3S2. The topological polar surface area (TPSA) is 61.2 Å². The molecule has 5 nitrogen and oxygen atoms in total. The van der Waals surface area contributed by atoms with Gasteiger partial charge in [-0.1, -0.05) is 41.6 Å². The lowest BCUT2D eigenvalue weighted by molar-refractivity contribution is 0.341. The molecule has 0 fully saturated rings. The zero-order valence-corrected chi connectivity index (χ0v) is 15.1. The number of hydrogen-bond donors (Lipinski definition) is 0. The zero-order valence-electron chi connectivity index (χ0n) is 13.5. The maximum Gasteiger partial charge on any atom is 0.296 e. The van der Waals surface area contributed by atoms with E-state index in [-0.39, 0.29) is 11.5 Å². The van der Waals surface area contributed by atoms with Gasteiger partial charge in [-0.15, -0.1) is 0 Å². The first-order chi connectivity index (χ1) is 11.5. The smallest absolute Gasteiger partial charge is 0.296 e. The summed E-state index contributed by atoms with van der Waals surface area (Å²) >= 11 is 1.47. The summed E-state index contributed by atoms with van der Waals surface area (Å²) in [6.07, 6.45) is 0. The number of rotatable bonds is 6. The van der Waals surface area contributed by atoms with E-state index in [0.717, 1.165) is 21.8 Å². The summed E-state index contributed by atoms with van der Waals surface area (Å²) in [6, 6.07) is 14.5. The Labute approximate surface area is 145 Å². The van der Waals surface area contributed by atoms with Crippen LogP contribution < -0.4 is 0 Å². The Balaban J connectivity index is 1.60. The second-order valence-corrected chi connectivity index (χ2v) is 8.06. The first-order valence-corrected chi connectivity index (χ1v) is 9.87. The molecule has 24 heavy (non-hydrogen) atoms. The molecule has 0 N–H and O–H groups in total. The number of thioether (sulfide) groups is 1. The lowest BCUT2D eigenvalue weighted by atomic mass is 10.2. The van der Waals surface area contributed by atoms with Crippen LogP contribution in [-0.4, -0.2) is 30.3 Å². The van der Waals surface area contributed by atoms with Crippen LogP contribution in [0.5, 0.6) is 0 Å². The second kappa shape index (κ2) is 6.96. The van der Waals surface area contributed by atoms with Crippen molar-refractivity contribution in [2.75, 3.05) is 12.4 Å². The highest BCUT2D eigenvalue weighted by molar-refractivity contribution is 7.99. The van der Waals surface area contributed by atoms with Crippen LogP contribution in [0, 0.1) is 6.92 Å². The number of fused-ring (bicyclic) bond motifs is 1. The molecule has 0 unspecified atom stereocenters. The van der Waals surface area contributed by atoms with Gasteiger partial charge in [0.05, 0.1) is 22.5 Å². The minimum Gasteiger partial charge on any atom is -0.322 e. The lowest BCUT2D eigenvalue weighted by Gasteiger charge is -2.06. The van der Waals surface area contributed by atoms with Crippen molar-refractivity contribution >= 4 is 32.9 Å². The fourth-order valence-corrected chi connectivity index (χ4v) is 4.12. The van der Waals surface area contributed by atoms with Crippen molar-refractivity contribution in [1.82, 2.24) is 9.55 Å². The normalized spacial score (nSPS) is 11.9. The summed E-state index contributed by atoms with van der Waals surface area (Å²) in [5, 5.41) is 0.840. The van der Waals surface area contributed by atoms with E-state index in [4.69, 9.17) is 4.18 Å². The van der Waals surface area contributed by atoms with Gasteiger partial charge in [0.2, 0.25) is 0 Å². The van der Waals surface area contributed by atoms with E-state index in [0.29, 0.717) is 5.75 Å². The Morgan fingerprint density at radius 1 is 1.12 bits per heavy atom. The lowest BCUT2D eigenvalue weighted by Crippen LogP contribution is -2.09. The van der Waals surface area contributed by atoms with Gasteiger partial charge in [0.1, 0.15) is 0 Å². The number of nitrogens with zero attached hydrogens (tertiary/aromatic N) is 2. The van der Waals surface area contributed by atoms with Crippen molar-refractivity contribution in [3.05, 3.63) is 54.1 Å². The van der Waals surface area contributed by atoms with Gasteiger partial charge in [-0.2, -0.15) is 8.42 Å². The molecule has 0 radical (unpaired) electrons. The van der Waals surface area contributed by atoms with Gasteiger partial charge in [0.15, 0.2) is 5.16 Å². The van der Waals surface area contributed by atoms with Crippen molar-refractivity contribution in [3.63, 3.8) is 0 Å². The average molecular weight is 362 g/mol. The number of para-hydroxylation sites is 2. The van der Waals surface area contributed by atoms with Crippen LogP contribution in [0.2, 0.25) is 0 Å². The molecule has 3 aromatic rings. The van der Waals surface area contributed by atoms with Gasteiger partial charge in [0, 0.05) is 12.8 Å². The first kappa shape index (κ1) is 17.0. The maximum atomic E-state index is 12.1. The molecule has 0 saturated carbocycles. The number of hydrogen-bond acceptors (Lipinski definition) is 5. The summed E-state index contributed by atoms with van der Waals surface area (Å²) in [7, 11) is -1.76. The Hall–Kier alpha value is -1.83. The Morgan fingerprint density at radius 3 is 2.54 bits per heavy atom. The molecule has 1 heterocycles. The summed E-state index contributed by atoms with van der Waals surface area (Å²) in [6.45, 7) is 2.01. The quantitative estimate of drug-likeness (QED) is 0.382. The van der Waals surface area contributed by atoms with Crippen LogP contribution in [0.3, 0.4) is 0 Å². The molecule has 1 aromatic heterocycles. The molecule has 0 aliphatic heterocycles. The van der Waals surface area contributed by atoms with E-state index in [1.54, 1.807) is 24.3 Å². The van der Waals surface area contributed by atoms with Crippen LogP contribution in [0.4, 0.5) is 0 Å². The second-order valence-electron chi connectivity index (χ2n) is 5.38. The van der Waals surface area contributed by atoms with Crippen molar-refractivity contribution in [3.8, 4) is 0 Å². The number of aromatic nitrogens is 2. The third-order valence-corrected chi connectivity index (χ3v) is 5.93. The standard InChI is InChI=1S/C17H18N2O3S2/c1-13-7-9-14(10-8-13)24(20,21)22-11-12-23-17-18-15-5-3-4-6-16(15)19(17)2/h3-10H,11-12H2,1-2H3. The van der Waals surface area contributed by atoms with Crippen molar-refractivity contribution in [1.29, 1.82) is 0 Å². The van der Waals surface area contributed by atoms with Crippen molar-refractivity contribution < 1.29 is 12.6 Å². The minimum absolute atomic E-state index is 0.101. The van der Waals surface area contributed by atoms with Crippen LogP contribution in [0.15, 0.2) is 58.6 Å². The zero-order chi connectivity index (χ0) is 17.2. The Morgan fingerprint density at radius 2 is 1.83 bits per heavy atom. The molecule has 0 bridgehead atoms. The molecule has 126 valence electrons. The van der Waals surface area contributed by atoms with Crippen molar-refractivity contribution in [2.45, 2.75) is 17.0 Å². The van der Waals surface area contributed by atoms with Gasteiger partial charge < -0.3 is 4.57 Å². The van der Waals surface area contributed by atoms with Crippen molar-refractivity contribution in [2.24, 2.45) is 7.05 Å². The van der Waals surface area contributed by atoms with Crippen LogP contribution in [0.25, 0.3) is 11.0 Å². The summed E-state index contributed by atoms with van der Waals surface area (Å²) in [4.78, 5) is 4.72. The SMILES string of the molecule is Cc1ccc(S(=O)(=O)OCCSc2nc3ccccc3n2C)cc1. The fourth-order valence-electron chi connectivity index (χ4n) is 2.30. The molecule has 0 aliphatic rings. The molecule has 0 atom stereocenters. The first-order valence-electron chi connectivity index (χ1n) is 7.48. The highest BCUT2D eigenvalue weighted by Gasteiger charge is 2.15. The molecule has 3 rings (SSSR count). The summed E-state index contributed by atoms with van der Waals surface area (Å²) < 4.78 is 31.3. The predicted octanol–water partition coefficient (Wildman–Crippen LogP) is 3.38. The predicted molar refractivity (Wildman–Crippen MR) is 95.8 cm³/mol. The van der Waals surface area contributed by atoms with E-state index in [1.165, 1.54) is 11.8 Å². The van der Waals surface area contributed by atoms with E-state index in [9.17, 15) is 8.42 Å². The van der Waals surface area contributed by atoms with Gasteiger partial charge in [0.25, 0.3) is 10.1 Å². The van der Waals surface area contributed by atoms with Gasteiger partial charge in [-0.3, -0.25) is 4.18 Å². The van der Waals surface area contributed by atoms with Crippen LogP contribution in [0.1, 0.15) is 5.56 Å². The molecule has 0 aliphatic carbocycles. The molecule has 7 heteroatoms. The van der Waals surface area contributed by atoms with Crippen LogP contribution >= 0.6 is 11.8 Å². The highest BCUT2D eigenvalue weighted by Crippen LogP contribution is 2.23. The maximum absolute atomic E-state index is 12.1. The Kier molecular flexibility index (Phi) is 4.93. The minimum atomic E-state index is -3.71. The van der Waals surface area contributed by atoms with Gasteiger partial charge in [-0.05, 0) is 31.2 Å². The molecule has 0 spiro atoms. The van der Waals surface area contributed by atoms with Crippen LogP contribution in [-0.2, 0) is 21.3 Å². The van der Waals surface area contributed by atoms with E-state index < -0.39 is 10.1 Å². The van der Waals surface area contributed by atoms with E-state index in [1.807, 2.05) is 42.8 Å². The Bertz CT molecular complexity index is 948. The molecule has 0 amide bonds. The van der Waals surface area contributed by atoms with E-state index in [2.05, 4.69) is 4.98 Å². The molecule has 0 saturated heterocycles. The number of imidazole rings is 1. The van der Waals surface area contributed by atoms with Gasteiger partial charge in [-0.25, -0.2) is 4.98 Å². The fraction of sp³-hybridized carbons (Fsp3) is 0.235. The molecule has 2 aromatic carbocycles. The number of benzene rings is 2. The largest absolute Gasteiger partial charge is 0.322 e. The van der Waals surface area contributed by atoms with Gasteiger partial charge >= 0.3 is 0 Å². The number of aryl methyl sites for hydroxylation is 2. The summed E-state index contributed by atoms with van der Waals surface area (Å²) in [5.41, 5.74) is 2.98. The highest BCUT2D eigenvalue weighted by atomic mass is 32.2. The third-order valence-electron chi connectivity index (χ3n) is 3.61. The van der Waals surface area contributed by atoms with E-state index >= 15 is 0 Å². The molecular weight excluding hydrogens is 344 g/mol. The summed E-state index contributed by atoms with van der Waals surface area (Å²) in [5.74, 6) is 0.502. The third kappa shape index (κ3) is 3.63. The monoisotopic (exact) mass is 362 g/mol.